The highest BCUT2D eigenvalue weighted by molar-refractivity contribution is 6.30. The Morgan fingerprint density at radius 1 is 0.976 bits per heavy atom. The van der Waals surface area contributed by atoms with Crippen LogP contribution in [0.25, 0.3) is 6.08 Å². The molecule has 1 aliphatic heterocycles. The van der Waals surface area contributed by atoms with Crippen LogP contribution in [0.4, 0.5) is 19.0 Å². The molecule has 1 aromatic carbocycles. The summed E-state index contributed by atoms with van der Waals surface area (Å²) >= 11 is 5.89. The van der Waals surface area contributed by atoms with Crippen molar-refractivity contribution < 1.29 is 27.6 Å². The highest BCUT2D eigenvalue weighted by Gasteiger charge is 2.31. The molecule has 4 rings (SSSR count). The molecule has 0 bridgehead atoms. The van der Waals surface area contributed by atoms with Gasteiger partial charge in [0.1, 0.15) is 11.9 Å². The molecule has 0 spiro atoms. The topological polar surface area (TPSA) is 108 Å². The fraction of sp³-hybridized carbons (Fsp3) is 0.276. The molecular formula is C29H28ClF3N6O3. The number of rotatable bonds is 9. The van der Waals surface area contributed by atoms with E-state index in [1.807, 2.05) is 0 Å². The van der Waals surface area contributed by atoms with Crippen molar-refractivity contribution in [3.8, 4) is 0 Å². The van der Waals surface area contributed by atoms with Gasteiger partial charge in [-0.3, -0.25) is 19.4 Å². The van der Waals surface area contributed by atoms with Crippen LogP contribution in [0.1, 0.15) is 16.8 Å². The molecule has 3 aromatic rings. The van der Waals surface area contributed by atoms with E-state index in [0.29, 0.717) is 42.7 Å². The van der Waals surface area contributed by atoms with Gasteiger partial charge in [0.05, 0.1) is 12.1 Å². The number of carbonyl (C=O) groups is 3. The van der Waals surface area contributed by atoms with E-state index in [4.69, 9.17) is 11.6 Å². The molecular weight excluding hydrogens is 573 g/mol. The zero-order chi connectivity index (χ0) is 30.1. The molecule has 3 amide bonds. The molecule has 1 atom stereocenters. The quantitative estimate of drug-likeness (QED) is 0.365. The van der Waals surface area contributed by atoms with Crippen molar-refractivity contribution in [2.45, 2.75) is 18.6 Å². The van der Waals surface area contributed by atoms with Crippen LogP contribution in [-0.2, 0) is 27.0 Å². The monoisotopic (exact) mass is 600 g/mol. The molecule has 220 valence electrons. The van der Waals surface area contributed by atoms with Crippen molar-refractivity contribution in [1.29, 1.82) is 0 Å². The normalized spacial score (nSPS) is 14.5. The molecule has 1 saturated heterocycles. The van der Waals surface area contributed by atoms with Crippen LogP contribution in [0, 0.1) is 0 Å². The summed E-state index contributed by atoms with van der Waals surface area (Å²) in [6, 6.07) is 13.4. The number of hydrogen-bond acceptors (Lipinski definition) is 6. The summed E-state index contributed by atoms with van der Waals surface area (Å²) in [4.78, 5) is 50.0. The van der Waals surface area contributed by atoms with Gasteiger partial charge in [0.2, 0.25) is 17.7 Å². The van der Waals surface area contributed by atoms with Crippen molar-refractivity contribution in [2.24, 2.45) is 0 Å². The molecule has 42 heavy (non-hydrogen) atoms. The molecule has 3 heterocycles. The van der Waals surface area contributed by atoms with Crippen LogP contribution in [0.5, 0.6) is 0 Å². The molecule has 1 fully saturated rings. The third kappa shape index (κ3) is 8.77. The van der Waals surface area contributed by atoms with Crippen LogP contribution >= 0.6 is 11.6 Å². The molecule has 0 aliphatic carbocycles. The molecule has 0 radical (unpaired) electrons. The number of pyridine rings is 2. The second-order valence-corrected chi connectivity index (χ2v) is 9.90. The van der Waals surface area contributed by atoms with Crippen molar-refractivity contribution in [1.82, 2.24) is 25.5 Å². The van der Waals surface area contributed by atoms with E-state index in [1.54, 1.807) is 64.5 Å². The van der Waals surface area contributed by atoms with Crippen LogP contribution in [0.2, 0.25) is 5.02 Å². The number of aromatic nitrogens is 2. The van der Waals surface area contributed by atoms with E-state index in [2.05, 4.69) is 20.6 Å². The number of carbonyl (C=O) groups excluding carboxylic acids is 3. The van der Waals surface area contributed by atoms with E-state index < -0.39 is 29.6 Å². The second kappa shape index (κ2) is 13.9. The number of hydrogen-bond donors (Lipinski definition) is 2. The number of nitrogens with one attached hydrogen (secondary N) is 2. The van der Waals surface area contributed by atoms with Crippen molar-refractivity contribution in [3.05, 3.63) is 94.9 Å². The Bertz CT molecular complexity index is 1390. The third-order valence-electron chi connectivity index (χ3n) is 6.51. The number of nitrogens with zero attached hydrogens (tertiary/aromatic N) is 4. The summed E-state index contributed by atoms with van der Waals surface area (Å²) < 4.78 is 38.4. The first-order valence-electron chi connectivity index (χ1n) is 13.1. The van der Waals surface area contributed by atoms with Crippen molar-refractivity contribution in [3.63, 3.8) is 0 Å². The van der Waals surface area contributed by atoms with Gasteiger partial charge in [-0.2, -0.15) is 13.2 Å². The Morgan fingerprint density at radius 2 is 1.71 bits per heavy atom. The zero-order valence-corrected chi connectivity index (χ0v) is 23.1. The molecule has 1 aliphatic rings. The van der Waals surface area contributed by atoms with E-state index in [-0.39, 0.29) is 18.9 Å². The number of benzene rings is 1. The smallest absolute Gasteiger partial charge is 0.353 e. The number of alkyl halides is 3. The molecule has 2 aromatic heterocycles. The Morgan fingerprint density at radius 3 is 2.33 bits per heavy atom. The molecule has 0 saturated carbocycles. The number of piperazine rings is 1. The van der Waals surface area contributed by atoms with Gasteiger partial charge in [-0.1, -0.05) is 29.8 Å². The minimum Gasteiger partial charge on any atom is -0.353 e. The first-order chi connectivity index (χ1) is 20.1. The third-order valence-corrected chi connectivity index (χ3v) is 6.77. The van der Waals surface area contributed by atoms with Crippen LogP contribution < -0.4 is 15.5 Å². The maximum atomic E-state index is 13.1. The summed E-state index contributed by atoms with van der Waals surface area (Å²) in [6.07, 6.45) is 0.906. The van der Waals surface area contributed by atoms with Gasteiger partial charge < -0.3 is 20.4 Å². The summed E-state index contributed by atoms with van der Waals surface area (Å²) in [7, 11) is 0. The minimum absolute atomic E-state index is 0.111. The lowest BCUT2D eigenvalue weighted by atomic mass is 10.1. The summed E-state index contributed by atoms with van der Waals surface area (Å²) in [5.41, 5.74) is 0.505. The van der Waals surface area contributed by atoms with Gasteiger partial charge in [0.15, 0.2) is 0 Å². The Kier molecular flexibility index (Phi) is 10.1. The molecule has 13 heteroatoms. The number of halogens is 4. The van der Waals surface area contributed by atoms with Crippen LogP contribution in [0.3, 0.4) is 0 Å². The van der Waals surface area contributed by atoms with E-state index >= 15 is 0 Å². The minimum atomic E-state index is -4.46. The van der Waals surface area contributed by atoms with Gasteiger partial charge in [-0.05, 0) is 48.0 Å². The predicted octanol–water partition coefficient (Wildman–Crippen LogP) is 3.35. The Balaban J connectivity index is 1.30. The van der Waals surface area contributed by atoms with E-state index in [0.717, 1.165) is 17.8 Å². The highest BCUT2D eigenvalue weighted by Crippen LogP contribution is 2.29. The van der Waals surface area contributed by atoms with Gasteiger partial charge in [-0.15, -0.1) is 0 Å². The fourth-order valence-corrected chi connectivity index (χ4v) is 4.35. The predicted molar refractivity (Wildman–Crippen MR) is 151 cm³/mol. The largest absolute Gasteiger partial charge is 0.417 e. The SMILES string of the molecule is O=C(/C=C/c1ccc(Cl)cc1)N[C@@H](Cc1ccccn1)C(=O)NCC(=O)N1CCN(c2ccc(C(F)(F)F)cn2)CC1. The number of anilines is 1. The Hall–Kier alpha value is -4.45. The summed E-state index contributed by atoms with van der Waals surface area (Å²) in [5.74, 6) is -0.981. The first-order valence-corrected chi connectivity index (χ1v) is 13.4. The maximum absolute atomic E-state index is 13.1. The molecule has 0 unspecified atom stereocenters. The summed E-state index contributed by atoms with van der Waals surface area (Å²) in [5, 5.41) is 5.85. The van der Waals surface area contributed by atoms with E-state index in [9.17, 15) is 27.6 Å². The fourth-order valence-electron chi connectivity index (χ4n) is 4.23. The maximum Gasteiger partial charge on any atom is 0.417 e. The molecule has 2 N–H and O–H groups in total. The lowest BCUT2D eigenvalue weighted by molar-refractivity contribution is -0.138. The van der Waals surface area contributed by atoms with Gasteiger partial charge in [-0.25, -0.2) is 4.98 Å². The summed E-state index contributed by atoms with van der Waals surface area (Å²) in [6.45, 7) is 1.07. The van der Waals surface area contributed by atoms with Gasteiger partial charge >= 0.3 is 6.18 Å². The highest BCUT2D eigenvalue weighted by atomic mass is 35.5. The van der Waals surface area contributed by atoms with Crippen LogP contribution in [-0.4, -0.2) is 71.4 Å². The van der Waals surface area contributed by atoms with Crippen molar-refractivity contribution >= 4 is 41.2 Å². The zero-order valence-electron chi connectivity index (χ0n) is 22.4. The van der Waals surface area contributed by atoms with E-state index in [1.165, 1.54) is 12.1 Å². The van der Waals surface area contributed by atoms with Crippen LogP contribution in [0.15, 0.2) is 73.1 Å². The Labute approximate surface area is 245 Å². The average Bonchev–Trinajstić information content (AvgIpc) is 2.99. The second-order valence-electron chi connectivity index (χ2n) is 9.46. The number of amides is 3. The molecule has 9 nitrogen and oxygen atoms in total. The van der Waals surface area contributed by atoms with Gasteiger partial charge in [0.25, 0.3) is 0 Å². The van der Waals surface area contributed by atoms with Crippen molar-refractivity contribution in [2.75, 3.05) is 37.6 Å². The first kappa shape index (κ1) is 30.5. The lowest BCUT2D eigenvalue weighted by Crippen LogP contribution is -2.53. The van der Waals surface area contributed by atoms with Gasteiger partial charge in [0, 0.05) is 61.8 Å². The standard InChI is InChI=1S/C29H28ClF3N6O3/c30-22-8-4-20(5-9-22)6-11-26(40)37-24(17-23-3-1-2-12-34-23)28(42)36-19-27(41)39-15-13-38(14-16-39)25-10-7-21(18-35-25)29(31,32)33/h1-12,18,24H,13-17,19H2,(H,36,42)(H,37,40)/b11-6+/t24-/m0/s1. The lowest BCUT2D eigenvalue weighted by Gasteiger charge is -2.35. The average molecular weight is 601 g/mol.